The van der Waals surface area contributed by atoms with E-state index in [0.29, 0.717) is 28.8 Å². The molecule has 0 aliphatic heterocycles. The molecule has 6 heteroatoms. The van der Waals surface area contributed by atoms with E-state index in [1.54, 1.807) is 25.1 Å². The normalized spacial score (nSPS) is 13.6. The lowest BCUT2D eigenvalue weighted by atomic mass is 10.0. The Kier molecular flexibility index (Phi) is 7.86. The van der Waals surface area contributed by atoms with Gasteiger partial charge in [0, 0.05) is 16.6 Å². The molecule has 0 heterocycles. The summed E-state index contributed by atoms with van der Waals surface area (Å²) in [7, 11) is 0. The Balaban J connectivity index is 2.24. The highest BCUT2D eigenvalue weighted by Gasteiger charge is 2.08. The quantitative estimate of drug-likeness (QED) is 0.767. The molecule has 0 saturated heterocycles. The standard InChI is InChI=1S/C15H21Cl2NO3/c1-10(5-11(2)19)9-18-15(20)3-4-21-14-7-12(16)6-13(17)8-14/h6-8,10-11,19H,3-5,9H2,1-2H3,(H,18,20). The van der Waals surface area contributed by atoms with Crippen molar-refractivity contribution in [1.29, 1.82) is 0 Å². The van der Waals surface area contributed by atoms with E-state index >= 15 is 0 Å². The summed E-state index contributed by atoms with van der Waals surface area (Å²) < 4.78 is 5.44. The Morgan fingerprint density at radius 2 is 1.90 bits per heavy atom. The lowest BCUT2D eigenvalue weighted by Crippen LogP contribution is -2.30. The number of benzene rings is 1. The van der Waals surface area contributed by atoms with Crippen molar-refractivity contribution in [3.05, 3.63) is 28.2 Å². The first-order chi connectivity index (χ1) is 9.86. The molecule has 0 fully saturated rings. The summed E-state index contributed by atoms with van der Waals surface area (Å²) in [6, 6.07) is 4.92. The number of nitrogens with one attached hydrogen (secondary N) is 1. The van der Waals surface area contributed by atoms with E-state index in [4.69, 9.17) is 27.9 Å². The molecule has 21 heavy (non-hydrogen) atoms. The van der Waals surface area contributed by atoms with Crippen LogP contribution in [0.1, 0.15) is 26.7 Å². The molecule has 1 aromatic carbocycles. The molecule has 2 N–H and O–H groups in total. The fourth-order valence-electron chi connectivity index (χ4n) is 1.92. The van der Waals surface area contributed by atoms with Crippen LogP contribution in [0.3, 0.4) is 0 Å². The van der Waals surface area contributed by atoms with Gasteiger partial charge >= 0.3 is 0 Å². The van der Waals surface area contributed by atoms with Gasteiger partial charge < -0.3 is 15.2 Å². The topological polar surface area (TPSA) is 58.6 Å². The zero-order valence-electron chi connectivity index (χ0n) is 12.2. The summed E-state index contributed by atoms with van der Waals surface area (Å²) in [5, 5.41) is 13.0. The molecule has 1 aromatic rings. The average molecular weight is 334 g/mol. The minimum Gasteiger partial charge on any atom is -0.493 e. The molecule has 118 valence electrons. The van der Waals surface area contributed by atoms with Gasteiger partial charge in [-0.05, 0) is 37.5 Å². The van der Waals surface area contributed by atoms with E-state index in [9.17, 15) is 9.90 Å². The first-order valence-electron chi connectivity index (χ1n) is 6.90. The second-order valence-corrected chi connectivity index (χ2v) is 6.07. The molecule has 0 spiro atoms. The Labute approximate surface area is 135 Å². The van der Waals surface area contributed by atoms with E-state index in [0.717, 1.165) is 0 Å². The Hall–Kier alpha value is -0.970. The Morgan fingerprint density at radius 3 is 2.48 bits per heavy atom. The van der Waals surface area contributed by atoms with Crippen LogP contribution in [-0.2, 0) is 4.79 Å². The highest BCUT2D eigenvalue weighted by molar-refractivity contribution is 6.34. The van der Waals surface area contributed by atoms with Crippen LogP contribution in [0, 0.1) is 5.92 Å². The van der Waals surface area contributed by atoms with Crippen LogP contribution >= 0.6 is 23.2 Å². The zero-order chi connectivity index (χ0) is 15.8. The van der Waals surface area contributed by atoms with Crippen molar-refractivity contribution in [2.24, 2.45) is 5.92 Å². The molecule has 0 aliphatic carbocycles. The highest BCUT2D eigenvalue weighted by Crippen LogP contribution is 2.24. The van der Waals surface area contributed by atoms with Crippen molar-refractivity contribution in [3.8, 4) is 5.75 Å². The third kappa shape index (κ3) is 8.15. The number of halogens is 2. The lowest BCUT2D eigenvalue weighted by Gasteiger charge is -2.14. The summed E-state index contributed by atoms with van der Waals surface area (Å²) in [4.78, 5) is 11.7. The highest BCUT2D eigenvalue weighted by atomic mass is 35.5. The predicted molar refractivity (Wildman–Crippen MR) is 85.0 cm³/mol. The molecule has 2 unspecified atom stereocenters. The number of ether oxygens (including phenoxy) is 1. The largest absolute Gasteiger partial charge is 0.493 e. The summed E-state index contributed by atoms with van der Waals surface area (Å²) in [5.41, 5.74) is 0. The molecule has 0 radical (unpaired) electrons. The van der Waals surface area contributed by atoms with Gasteiger partial charge in [-0.1, -0.05) is 30.1 Å². The maximum Gasteiger partial charge on any atom is 0.223 e. The van der Waals surface area contributed by atoms with E-state index in [2.05, 4.69) is 5.32 Å². The van der Waals surface area contributed by atoms with Gasteiger partial charge in [-0.2, -0.15) is 0 Å². The molecule has 0 aromatic heterocycles. The maximum atomic E-state index is 11.7. The van der Waals surface area contributed by atoms with Crippen LogP contribution in [0.25, 0.3) is 0 Å². The monoisotopic (exact) mass is 333 g/mol. The van der Waals surface area contributed by atoms with Crippen LogP contribution in [0.15, 0.2) is 18.2 Å². The Bertz CT molecular complexity index is 446. The van der Waals surface area contributed by atoms with Crippen LogP contribution in [0.2, 0.25) is 10.0 Å². The lowest BCUT2D eigenvalue weighted by molar-refractivity contribution is -0.121. The number of amides is 1. The number of aliphatic hydroxyl groups is 1. The van der Waals surface area contributed by atoms with E-state index in [-0.39, 0.29) is 31.0 Å². The molecule has 2 atom stereocenters. The first kappa shape index (κ1) is 18.1. The van der Waals surface area contributed by atoms with Gasteiger partial charge in [-0.15, -0.1) is 0 Å². The molecule has 0 bridgehead atoms. The van der Waals surface area contributed by atoms with Gasteiger partial charge in [0.1, 0.15) is 5.75 Å². The number of hydrogen-bond acceptors (Lipinski definition) is 3. The van der Waals surface area contributed by atoms with Crippen LogP contribution < -0.4 is 10.1 Å². The fraction of sp³-hybridized carbons (Fsp3) is 0.533. The molecular formula is C15H21Cl2NO3. The van der Waals surface area contributed by atoms with Crippen molar-refractivity contribution in [2.75, 3.05) is 13.2 Å². The van der Waals surface area contributed by atoms with Crippen molar-refractivity contribution in [2.45, 2.75) is 32.8 Å². The number of hydrogen-bond donors (Lipinski definition) is 2. The van der Waals surface area contributed by atoms with Gasteiger partial charge in [0.15, 0.2) is 0 Å². The maximum absolute atomic E-state index is 11.7. The van der Waals surface area contributed by atoms with Crippen LogP contribution in [0.4, 0.5) is 0 Å². The summed E-state index contributed by atoms with van der Waals surface area (Å²) in [6.45, 7) is 4.53. The summed E-state index contributed by atoms with van der Waals surface area (Å²) in [6.07, 6.45) is 0.566. The number of rotatable bonds is 8. The minimum atomic E-state index is -0.354. The van der Waals surface area contributed by atoms with Crippen LogP contribution in [-0.4, -0.2) is 30.3 Å². The van der Waals surface area contributed by atoms with E-state index in [1.807, 2.05) is 6.92 Å². The minimum absolute atomic E-state index is 0.0828. The average Bonchev–Trinajstić information content (AvgIpc) is 2.34. The third-order valence-electron chi connectivity index (χ3n) is 2.83. The van der Waals surface area contributed by atoms with Gasteiger partial charge in [0.2, 0.25) is 5.91 Å². The number of carbonyl (C=O) groups is 1. The van der Waals surface area contributed by atoms with E-state index in [1.165, 1.54) is 0 Å². The molecule has 0 saturated carbocycles. The molecule has 1 rings (SSSR count). The first-order valence-corrected chi connectivity index (χ1v) is 7.66. The van der Waals surface area contributed by atoms with Crippen molar-refractivity contribution in [1.82, 2.24) is 5.32 Å². The molecule has 1 amide bonds. The number of carbonyl (C=O) groups excluding carboxylic acids is 1. The van der Waals surface area contributed by atoms with Gasteiger partial charge in [-0.3, -0.25) is 4.79 Å². The smallest absolute Gasteiger partial charge is 0.223 e. The molecule has 0 aliphatic rings. The molecular weight excluding hydrogens is 313 g/mol. The van der Waals surface area contributed by atoms with Crippen LogP contribution in [0.5, 0.6) is 5.75 Å². The second kappa shape index (κ2) is 9.13. The Morgan fingerprint density at radius 1 is 1.29 bits per heavy atom. The predicted octanol–water partition coefficient (Wildman–Crippen LogP) is 3.29. The van der Waals surface area contributed by atoms with Crippen molar-refractivity contribution < 1.29 is 14.6 Å². The summed E-state index contributed by atoms with van der Waals surface area (Å²) >= 11 is 11.7. The van der Waals surface area contributed by atoms with Crippen molar-refractivity contribution >= 4 is 29.1 Å². The fourth-order valence-corrected chi connectivity index (χ4v) is 2.42. The van der Waals surface area contributed by atoms with Gasteiger partial charge in [-0.25, -0.2) is 0 Å². The zero-order valence-corrected chi connectivity index (χ0v) is 13.7. The molecule has 4 nitrogen and oxygen atoms in total. The van der Waals surface area contributed by atoms with Crippen molar-refractivity contribution in [3.63, 3.8) is 0 Å². The number of aliphatic hydroxyl groups excluding tert-OH is 1. The van der Waals surface area contributed by atoms with Gasteiger partial charge in [0.05, 0.1) is 19.1 Å². The summed E-state index contributed by atoms with van der Waals surface area (Å²) in [5.74, 6) is 0.699. The third-order valence-corrected chi connectivity index (χ3v) is 3.26. The van der Waals surface area contributed by atoms with E-state index < -0.39 is 0 Å². The SMILES string of the molecule is CC(O)CC(C)CNC(=O)CCOc1cc(Cl)cc(Cl)c1. The van der Waals surface area contributed by atoms with Gasteiger partial charge in [0.25, 0.3) is 0 Å². The second-order valence-electron chi connectivity index (χ2n) is 5.20.